The monoisotopic (exact) mass is 755 g/mol. The SMILES string of the molecule is CC1(C)c2ccccc2-c2ccc(N(c3ccc4c(c3)C(C)(C)c3cc(-c5ccc(-c6ccc(-c7ccccc7)cc6)cc5)ccc3-4)c3cccc4ccccc34)cc21. The van der Waals surface area contributed by atoms with E-state index in [0.717, 1.165) is 0 Å². The zero-order valence-corrected chi connectivity index (χ0v) is 34.0. The minimum absolute atomic E-state index is 0.0971. The van der Waals surface area contributed by atoms with Gasteiger partial charge in [-0.1, -0.05) is 191 Å². The van der Waals surface area contributed by atoms with Gasteiger partial charge in [-0.2, -0.15) is 0 Å². The second-order valence-corrected chi connectivity index (χ2v) is 17.4. The Morgan fingerprint density at radius 1 is 0.305 bits per heavy atom. The summed E-state index contributed by atoms with van der Waals surface area (Å²) >= 11 is 0. The summed E-state index contributed by atoms with van der Waals surface area (Å²) < 4.78 is 0. The summed E-state index contributed by atoms with van der Waals surface area (Å²) in [5.74, 6) is 0. The molecule has 0 atom stereocenters. The van der Waals surface area contributed by atoms with Gasteiger partial charge >= 0.3 is 0 Å². The molecule has 9 aromatic carbocycles. The van der Waals surface area contributed by atoms with Crippen LogP contribution in [-0.2, 0) is 10.8 Å². The van der Waals surface area contributed by atoms with Crippen molar-refractivity contribution in [3.8, 4) is 55.6 Å². The molecule has 2 aliphatic carbocycles. The Labute approximate surface area is 347 Å². The molecule has 1 heteroatoms. The van der Waals surface area contributed by atoms with E-state index in [9.17, 15) is 0 Å². The van der Waals surface area contributed by atoms with Crippen molar-refractivity contribution in [2.45, 2.75) is 38.5 Å². The molecule has 1 nitrogen and oxygen atoms in total. The van der Waals surface area contributed by atoms with Crippen LogP contribution in [0, 0.1) is 0 Å². The van der Waals surface area contributed by atoms with Crippen molar-refractivity contribution < 1.29 is 0 Å². The molecule has 0 spiro atoms. The van der Waals surface area contributed by atoms with Crippen LogP contribution in [0.4, 0.5) is 17.1 Å². The van der Waals surface area contributed by atoms with Crippen LogP contribution >= 0.6 is 0 Å². The van der Waals surface area contributed by atoms with Crippen LogP contribution in [0.15, 0.2) is 200 Å². The Bertz CT molecular complexity index is 3070. The van der Waals surface area contributed by atoms with Crippen molar-refractivity contribution in [1.82, 2.24) is 0 Å². The van der Waals surface area contributed by atoms with Crippen LogP contribution < -0.4 is 4.90 Å². The number of fused-ring (bicyclic) bond motifs is 7. The van der Waals surface area contributed by atoms with E-state index in [1.807, 2.05) is 0 Å². The van der Waals surface area contributed by atoms with Crippen LogP contribution in [0.3, 0.4) is 0 Å². The lowest BCUT2D eigenvalue weighted by Crippen LogP contribution is -2.18. The number of hydrogen-bond acceptors (Lipinski definition) is 1. The summed E-state index contributed by atoms with van der Waals surface area (Å²) in [4.78, 5) is 2.49. The molecule has 0 bridgehead atoms. The highest BCUT2D eigenvalue weighted by Crippen LogP contribution is 2.54. The molecule has 9 aromatic rings. The molecule has 0 radical (unpaired) electrons. The van der Waals surface area contributed by atoms with Crippen molar-refractivity contribution in [3.63, 3.8) is 0 Å². The van der Waals surface area contributed by atoms with Gasteiger partial charge < -0.3 is 4.90 Å². The van der Waals surface area contributed by atoms with Gasteiger partial charge in [0.2, 0.25) is 0 Å². The van der Waals surface area contributed by atoms with Gasteiger partial charge in [-0.25, -0.2) is 0 Å². The lowest BCUT2D eigenvalue weighted by molar-refractivity contribution is 0.660. The highest BCUT2D eigenvalue weighted by molar-refractivity contribution is 6.00. The molecule has 2 aliphatic rings. The van der Waals surface area contributed by atoms with Crippen LogP contribution in [-0.4, -0.2) is 0 Å². The molecule has 0 heterocycles. The van der Waals surface area contributed by atoms with Crippen LogP contribution in [0.5, 0.6) is 0 Å². The second-order valence-electron chi connectivity index (χ2n) is 17.4. The predicted molar refractivity (Wildman–Crippen MR) is 250 cm³/mol. The van der Waals surface area contributed by atoms with E-state index >= 15 is 0 Å². The fourth-order valence-corrected chi connectivity index (χ4v) is 10.0. The van der Waals surface area contributed by atoms with E-state index in [0.29, 0.717) is 0 Å². The van der Waals surface area contributed by atoms with Crippen molar-refractivity contribution in [2.24, 2.45) is 0 Å². The van der Waals surface area contributed by atoms with E-state index < -0.39 is 0 Å². The smallest absolute Gasteiger partial charge is 0.0540 e. The topological polar surface area (TPSA) is 3.24 Å². The molecule has 59 heavy (non-hydrogen) atoms. The van der Waals surface area contributed by atoms with Gasteiger partial charge in [0.05, 0.1) is 5.69 Å². The normalized spacial score (nSPS) is 14.0. The fraction of sp³-hybridized carbons (Fsp3) is 0.103. The molecule has 0 N–H and O–H groups in total. The van der Waals surface area contributed by atoms with Gasteiger partial charge in [-0.3, -0.25) is 0 Å². The zero-order valence-electron chi connectivity index (χ0n) is 34.0. The van der Waals surface area contributed by atoms with Gasteiger partial charge in [0, 0.05) is 27.6 Å². The Kier molecular flexibility index (Phi) is 7.94. The Morgan fingerprint density at radius 2 is 0.729 bits per heavy atom. The third kappa shape index (κ3) is 5.60. The van der Waals surface area contributed by atoms with Crippen LogP contribution in [0.1, 0.15) is 49.9 Å². The summed E-state index contributed by atoms with van der Waals surface area (Å²) in [6.45, 7) is 9.52. The number of rotatable bonds is 6. The van der Waals surface area contributed by atoms with Crippen molar-refractivity contribution in [1.29, 1.82) is 0 Å². The molecular formula is C58H45N. The largest absolute Gasteiger partial charge is 0.310 e. The molecule has 0 aliphatic heterocycles. The molecule has 0 amide bonds. The molecule has 0 aromatic heterocycles. The van der Waals surface area contributed by atoms with Gasteiger partial charge in [-0.15, -0.1) is 0 Å². The zero-order chi connectivity index (χ0) is 39.9. The highest BCUT2D eigenvalue weighted by atomic mass is 15.1. The first-order chi connectivity index (χ1) is 28.8. The number of nitrogens with zero attached hydrogens (tertiary/aromatic N) is 1. The predicted octanol–water partition coefficient (Wildman–Crippen LogP) is 15.9. The first-order valence-corrected chi connectivity index (χ1v) is 20.8. The molecule has 282 valence electrons. The molecule has 0 saturated carbocycles. The first kappa shape index (κ1) is 35.2. The third-order valence-corrected chi connectivity index (χ3v) is 13.3. The summed E-state index contributed by atoms with van der Waals surface area (Å²) in [5, 5.41) is 2.47. The Hall–Kier alpha value is -6.96. The van der Waals surface area contributed by atoms with Crippen LogP contribution in [0.25, 0.3) is 66.4 Å². The summed E-state index contributed by atoms with van der Waals surface area (Å²) in [6, 6.07) is 74.2. The minimum Gasteiger partial charge on any atom is -0.310 e. The maximum atomic E-state index is 2.49. The minimum atomic E-state index is -0.191. The van der Waals surface area contributed by atoms with Gasteiger partial charge in [0.25, 0.3) is 0 Å². The summed E-state index contributed by atoms with van der Waals surface area (Å²) in [7, 11) is 0. The van der Waals surface area contributed by atoms with E-state index in [1.54, 1.807) is 0 Å². The average Bonchev–Trinajstić information content (AvgIpc) is 3.65. The molecule has 0 unspecified atom stereocenters. The summed E-state index contributed by atoms with van der Waals surface area (Å²) in [6.07, 6.45) is 0. The van der Waals surface area contributed by atoms with Crippen LogP contribution in [0.2, 0.25) is 0 Å². The molecule has 0 fully saturated rings. The van der Waals surface area contributed by atoms with E-state index in [4.69, 9.17) is 0 Å². The third-order valence-electron chi connectivity index (χ3n) is 13.3. The van der Waals surface area contributed by atoms with E-state index in [-0.39, 0.29) is 10.8 Å². The van der Waals surface area contributed by atoms with Crippen molar-refractivity contribution in [2.75, 3.05) is 4.90 Å². The van der Waals surface area contributed by atoms with E-state index in [1.165, 1.54) is 106 Å². The molecular weight excluding hydrogens is 711 g/mol. The number of hydrogen-bond donors (Lipinski definition) is 0. The second kappa shape index (κ2) is 13.3. The average molecular weight is 756 g/mol. The highest BCUT2D eigenvalue weighted by Gasteiger charge is 2.38. The Morgan fingerprint density at radius 3 is 1.36 bits per heavy atom. The molecule has 0 saturated heterocycles. The standard InChI is InChI=1S/C58H45N/c1-57(2)52-19-11-10-18-48(52)50-33-30-45(36-54(50)57)59(56-20-12-16-43-15-8-9-17-47(43)56)46-31-34-51-49-32-29-44(35-53(49)58(3,4)55(51)37-46)42-27-25-41(26-28-42)40-23-21-39(22-24-40)38-13-6-5-7-14-38/h5-37H,1-4H3. The maximum absolute atomic E-state index is 2.49. The van der Waals surface area contributed by atoms with Crippen molar-refractivity contribution >= 4 is 27.8 Å². The lowest BCUT2D eigenvalue weighted by atomic mass is 9.81. The van der Waals surface area contributed by atoms with Gasteiger partial charge in [-0.05, 0) is 120 Å². The van der Waals surface area contributed by atoms with E-state index in [2.05, 4.69) is 233 Å². The van der Waals surface area contributed by atoms with Gasteiger partial charge in [0.15, 0.2) is 0 Å². The Balaban J connectivity index is 0.961. The summed E-state index contributed by atoms with van der Waals surface area (Å²) in [5.41, 5.74) is 21.5. The first-order valence-electron chi connectivity index (χ1n) is 20.8. The van der Waals surface area contributed by atoms with Crippen molar-refractivity contribution in [3.05, 3.63) is 222 Å². The maximum Gasteiger partial charge on any atom is 0.0540 e. The quantitative estimate of drug-likeness (QED) is 0.163. The molecule has 11 rings (SSSR count). The fourth-order valence-electron chi connectivity index (χ4n) is 10.0. The number of benzene rings is 9. The lowest BCUT2D eigenvalue weighted by Gasteiger charge is -2.30. The van der Waals surface area contributed by atoms with Gasteiger partial charge in [0.1, 0.15) is 0 Å². The number of anilines is 3.